The zero-order valence-electron chi connectivity index (χ0n) is 28.0. The van der Waals surface area contributed by atoms with E-state index < -0.39 is 17.9 Å². The predicted octanol–water partition coefficient (Wildman–Crippen LogP) is 6.78. The molecular formula is C36H53FN4O5. The summed E-state index contributed by atoms with van der Waals surface area (Å²) in [7, 11) is 2.17. The van der Waals surface area contributed by atoms with E-state index in [0.29, 0.717) is 35.8 Å². The number of carbonyl (C=O) groups excluding carboxylic acids is 2. The summed E-state index contributed by atoms with van der Waals surface area (Å²) in [6.45, 7) is 8.61. The van der Waals surface area contributed by atoms with E-state index in [1.807, 2.05) is 13.8 Å². The average molecular weight is 641 g/mol. The molecule has 0 saturated heterocycles. The second-order valence-corrected chi connectivity index (χ2v) is 13.3. The van der Waals surface area contributed by atoms with Crippen molar-refractivity contribution in [3.05, 3.63) is 53.8 Å². The SMILES string of the molecule is C[C@@H]1CCCCO[C@H](CN(C)CC2CCCCC2)[C@@H](C)CN([C@H](C)CO)C(=O)c2cc(NC(=O)Nc3ccc(F)cc3)ccc2O1. The van der Waals surface area contributed by atoms with Crippen molar-refractivity contribution < 1.29 is 28.6 Å². The molecule has 4 rings (SSSR count). The number of carbonyl (C=O) groups is 2. The first-order chi connectivity index (χ1) is 22.1. The number of hydrogen-bond donors (Lipinski definition) is 3. The van der Waals surface area contributed by atoms with Gasteiger partial charge in [0.05, 0.1) is 30.4 Å². The van der Waals surface area contributed by atoms with Gasteiger partial charge in [0.25, 0.3) is 5.91 Å². The number of nitrogens with zero attached hydrogens (tertiary/aromatic N) is 2. The van der Waals surface area contributed by atoms with Crippen molar-refractivity contribution in [3.63, 3.8) is 0 Å². The maximum absolute atomic E-state index is 14.3. The van der Waals surface area contributed by atoms with E-state index in [1.54, 1.807) is 23.1 Å². The van der Waals surface area contributed by atoms with Gasteiger partial charge in [0.1, 0.15) is 11.6 Å². The zero-order valence-corrected chi connectivity index (χ0v) is 28.0. The van der Waals surface area contributed by atoms with Crippen molar-refractivity contribution in [2.24, 2.45) is 11.8 Å². The second kappa shape index (κ2) is 17.6. The highest BCUT2D eigenvalue weighted by atomic mass is 19.1. The van der Waals surface area contributed by atoms with Crippen molar-refractivity contribution in [3.8, 4) is 5.75 Å². The molecule has 1 heterocycles. The highest BCUT2D eigenvalue weighted by molar-refractivity contribution is 6.02. The zero-order chi connectivity index (χ0) is 33.1. The van der Waals surface area contributed by atoms with Gasteiger partial charge in [0.15, 0.2) is 0 Å². The summed E-state index contributed by atoms with van der Waals surface area (Å²) in [6.07, 6.45) is 8.95. The number of ether oxygens (including phenoxy) is 2. The fourth-order valence-electron chi connectivity index (χ4n) is 6.48. The van der Waals surface area contributed by atoms with Crippen molar-refractivity contribution >= 4 is 23.3 Å². The number of anilines is 2. The number of rotatable bonds is 8. The number of fused-ring (bicyclic) bond motifs is 1. The van der Waals surface area contributed by atoms with Crippen LogP contribution in [-0.2, 0) is 4.74 Å². The van der Waals surface area contributed by atoms with Gasteiger partial charge in [-0.2, -0.15) is 0 Å². The van der Waals surface area contributed by atoms with Gasteiger partial charge in [-0.3, -0.25) is 4.79 Å². The van der Waals surface area contributed by atoms with Crippen LogP contribution in [0.15, 0.2) is 42.5 Å². The summed E-state index contributed by atoms with van der Waals surface area (Å²) in [5.74, 6) is 0.469. The lowest BCUT2D eigenvalue weighted by molar-refractivity contribution is -0.0190. The van der Waals surface area contributed by atoms with Gasteiger partial charge in [0, 0.05) is 43.5 Å². The van der Waals surface area contributed by atoms with Crippen LogP contribution in [0.4, 0.5) is 20.6 Å². The number of likely N-dealkylation sites (N-methyl/N-ethyl adjacent to an activating group) is 1. The van der Waals surface area contributed by atoms with Gasteiger partial charge in [-0.05, 0) is 101 Å². The second-order valence-electron chi connectivity index (χ2n) is 13.3. The Morgan fingerprint density at radius 3 is 2.39 bits per heavy atom. The van der Waals surface area contributed by atoms with E-state index in [-0.39, 0.29) is 30.6 Å². The number of aliphatic hydroxyl groups excluding tert-OH is 1. The first kappa shape index (κ1) is 35.6. The molecule has 9 nitrogen and oxygen atoms in total. The van der Waals surface area contributed by atoms with Crippen molar-refractivity contribution in [1.82, 2.24) is 9.80 Å². The smallest absolute Gasteiger partial charge is 0.323 e. The highest BCUT2D eigenvalue weighted by Gasteiger charge is 2.31. The van der Waals surface area contributed by atoms with Crippen LogP contribution in [0.5, 0.6) is 5.75 Å². The maximum atomic E-state index is 14.3. The minimum atomic E-state index is -0.527. The van der Waals surface area contributed by atoms with Crippen molar-refractivity contribution in [1.29, 1.82) is 0 Å². The van der Waals surface area contributed by atoms with Crippen LogP contribution in [0.1, 0.15) is 82.5 Å². The largest absolute Gasteiger partial charge is 0.490 e. The van der Waals surface area contributed by atoms with Crippen LogP contribution in [0.25, 0.3) is 0 Å². The number of aliphatic hydroxyl groups is 1. The lowest BCUT2D eigenvalue weighted by Crippen LogP contribution is -2.47. The number of urea groups is 1. The Balaban J connectivity index is 1.56. The van der Waals surface area contributed by atoms with Crippen LogP contribution < -0.4 is 15.4 Å². The number of hydrogen-bond acceptors (Lipinski definition) is 6. The van der Waals surface area contributed by atoms with E-state index in [0.717, 1.165) is 38.3 Å². The lowest BCUT2D eigenvalue weighted by Gasteiger charge is -2.36. The van der Waals surface area contributed by atoms with E-state index in [4.69, 9.17) is 9.47 Å². The van der Waals surface area contributed by atoms with E-state index in [2.05, 4.69) is 29.5 Å². The Kier molecular flexibility index (Phi) is 13.7. The molecule has 1 saturated carbocycles. The minimum Gasteiger partial charge on any atom is -0.490 e. The predicted molar refractivity (Wildman–Crippen MR) is 180 cm³/mol. The van der Waals surface area contributed by atoms with Crippen LogP contribution >= 0.6 is 0 Å². The van der Waals surface area contributed by atoms with Gasteiger partial charge >= 0.3 is 6.03 Å². The first-order valence-corrected chi connectivity index (χ1v) is 17.0. The third kappa shape index (κ3) is 10.7. The third-order valence-electron chi connectivity index (χ3n) is 9.20. The molecule has 0 spiro atoms. The summed E-state index contributed by atoms with van der Waals surface area (Å²) in [5, 5.41) is 15.7. The third-order valence-corrected chi connectivity index (χ3v) is 9.20. The Bertz CT molecular complexity index is 1260. The molecule has 1 aliphatic heterocycles. The first-order valence-electron chi connectivity index (χ1n) is 17.0. The molecule has 3 amide bonds. The molecule has 254 valence electrons. The Labute approximate surface area is 273 Å². The Hall–Kier alpha value is -3.21. The van der Waals surface area contributed by atoms with Gasteiger partial charge < -0.3 is 35.0 Å². The quantitative estimate of drug-likeness (QED) is 0.294. The molecule has 0 unspecified atom stereocenters. The minimum absolute atomic E-state index is 0.000725. The van der Waals surface area contributed by atoms with Gasteiger partial charge in [0.2, 0.25) is 0 Å². The standard InChI is InChI=1S/C36H53FN4O5/c1-25-21-41(26(2)24-42)35(43)32-20-31(39-36(44)38-30-15-13-29(37)14-16-30)17-18-33(32)46-27(3)10-8-9-19-45-34(25)23-40(4)22-28-11-6-5-7-12-28/h13-18,20,25-28,34,42H,5-12,19,21-24H2,1-4H3,(H2,38,39,44)/t25-,26+,27+,34+/m0/s1. The van der Waals surface area contributed by atoms with E-state index in [9.17, 15) is 19.1 Å². The molecule has 46 heavy (non-hydrogen) atoms. The average Bonchev–Trinajstić information content (AvgIpc) is 3.04. The van der Waals surface area contributed by atoms with Gasteiger partial charge in [-0.15, -0.1) is 0 Å². The molecule has 2 aromatic carbocycles. The number of nitrogens with one attached hydrogen (secondary N) is 2. The molecule has 2 aromatic rings. The molecule has 2 aliphatic rings. The number of amides is 3. The van der Waals surface area contributed by atoms with E-state index in [1.165, 1.54) is 56.4 Å². The lowest BCUT2D eigenvalue weighted by atomic mass is 9.89. The Morgan fingerprint density at radius 2 is 1.67 bits per heavy atom. The summed E-state index contributed by atoms with van der Waals surface area (Å²) in [4.78, 5) is 31.2. The summed E-state index contributed by atoms with van der Waals surface area (Å²) in [5.41, 5.74) is 1.14. The van der Waals surface area contributed by atoms with Crippen LogP contribution in [-0.4, -0.2) is 85.0 Å². The van der Waals surface area contributed by atoms with Crippen molar-refractivity contribution in [2.45, 2.75) is 90.4 Å². The summed E-state index contributed by atoms with van der Waals surface area (Å²) < 4.78 is 26.1. The molecular weight excluding hydrogens is 587 g/mol. The Morgan fingerprint density at radius 1 is 1.00 bits per heavy atom. The van der Waals surface area contributed by atoms with Gasteiger partial charge in [-0.25, -0.2) is 9.18 Å². The molecule has 1 fully saturated rings. The van der Waals surface area contributed by atoms with Gasteiger partial charge in [-0.1, -0.05) is 26.2 Å². The molecule has 10 heteroatoms. The summed E-state index contributed by atoms with van der Waals surface area (Å²) >= 11 is 0. The van der Waals surface area contributed by atoms with Crippen LogP contribution in [0, 0.1) is 17.7 Å². The fraction of sp³-hybridized carbons (Fsp3) is 0.611. The van der Waals surface area contributed by atoms with E-state index >= 15 is 0 Å². The molecule has 1 aliphatic carbocycles. The maximum Gasteiger partial charge on any atom is 0.323 e. The molecule has 0 bridgehead atoms. The molecule has 3 N–H and O–H groups in total. The van der Waals surface area contributed by atoms with Crippen molar-refractivity contribution in [2.75, 3.05) is 50.5 Å². The number of benzene rings is 2. The number of halogens is 1. The normalized spacial score (nSPS) is 22.8. The summed E-state index contributed by atoms with van der Waals surface area (Å²) in [6, 6.07) is 9.51. The monoisotopic (exact) mass is 640 g/mol. The topological polar surface area (TPSA) is 103 Å². The molecule has 4 atom stereocenters. The fourth-order valence-corrected chi connectivity index (χ4v) is 6.48. The highest BCUT2D eigenvalue weighted by Crippen LogP contribution is 2.29. The van der Waals surface area contributed by atoms with Crippen LogP contribution in [0.2, 0.25) is 0 Å². The van der Waals surface area contributed by atoms with Crippen LogP contribution in [0.3, 0.4) is 0 Å². The molecule has 0 radical (unpaired) electrons. The molecule has 0 aromatic heterocycles.